The van der Waals surface area contributed by atoms with Gasteiger partial charge in [-0.3, -0.25) is 0 Å². The van der Waals surface area contributed by atoms with E-state index in [1.54, 1.807) is 19.2 Å². The van der Waals surface area contributed by atoms with E-state index in [2.05, 4.69) is 35.6 Å². The van der Waals surface area contributed by atoms with Crippen LogP contribution in [0, 0.1) is 24.4 Å². The molecule has 0 aliphatic rings. The van der Waals surface area contributed by atoms with Crippen molar-refractivity contribution in [3.8, 4) is 50.6 Å². The molecule has 9 rings (SSSR count). The van der Waals surface area contributed by atoms with Crippen molar-refractivity contribution >= 4 is 52.4 Å². The number of hydrogen-bond acceptors (Lipinski definition) is 12. The number of ether oxygens (including phenoxy) is 3. The number of anilines is 6. The molecule has 21 heteroatoms. The predicted molar refractivity (Wildman–Crippen MR) is 297 cm³/mol. The van der Waals surface area contributed by atoms with E-state index < -0.39 is 47.5 Å². The zero-order valence-corrected chi connectivity index (χ0v) is 43.9. The molecular weight excluding hydrogens is 1070 g/mol. The van der Waals surface area contributed by atoms with Gasteiger partial charge in [-0.1, -0.05) is 42.5 Å². The van der Waals surface area contributed by atoms with E-state index in [0.29, 0.717) is 40.4 Å². The van der Waals surface area contributed by atoms with Crippen molar-refractivity contribution in [2.24, 2.45) is 0 Å². The molecule has 0 aliphatic carbocycles. The van der Waals surface area contributed by atoms with Crippen LogP contribution in [-0.4, -0.2) is 67.3 Å². The summed E-state index contributed by atoms with van der Waals surface area (Å²) < 4.78 is 95.8. The second kappa shape index (κ2) is 26.9. The van der Waals surface area contributed by atoms with Crippen molar-refractivity contribution in [1.82, 2.24) is 15.0 Å². The summed E-state index contributed by atoms with van der Waals surface area (Å²) >= 11 is 0. The molecule has 82 heavy (non-hydrogen) atoms. The maximum atomic E-state index is 14.7. The molecule has 0 aliphatic heterocycles. The number of aryl methyl sites for hydroxylation is 1. The summed E-state index contributed by atoms with van der Waals surface area (Å²) in [5.41, 5.74) is 4.57. The van der Waals surface area contributed by atoms with Crippen molar-refractivity contribution in [3.05, 3.63) is 216 Å². The molecular formula is C61H50F6N6O9. The molecule has 6 N–H and O–H groups in total. The fourth-order valence-electron chi connectivity index (χ4n) is 7.91. The lowest BCUT2D eigenvalue weighted by Crippen LogP contribution is -2.17. The first kappa shape index (κ1) is 59.2. The minimum Gasteiger partial charge on any atom is -0.494 e. The molecule has 9 aromatic rings. The number of alkyl halides is 3. The number of hydrogen-bond donors (Lipinski definition) is 6. The predicted octanol–water partition coefficient (Wildman–Crippen LogP) is 15.4. The highest BCUT2D eigenvalue weighted by Crippen LogP contribution is 2.35. The highest BCUT2D eigenvalue weighted by molar-refractivity contribution is 5.95. The van der Waals surface area contributed by atoms with Crippen LogP contribution in [-0.2, 0) is 0 Å². The van der Waals surface area contributed by atoms with Gasteiger partial charge in [0.2, 0.25) is 0 Å². The van der Waals surface area contributed by atoms with Gasteiger partial charge in [-0.2, -0.15) is 0 Å². The monoisotopic (exact) mass is 1120 g/mol. The number of carboxylic acids is 3. The van der Waals surface area contributed by atoms with E-state index in [1.165, 1.54) is 97.3 Å². The average molecular weight is 1130 g/mol. The Bertz CT molecular complexity index is 3740. The number of aromatic carboxylic acids is 3. The van der Waals surface area contributed by atoms with E-state index in [9.17, 15) is 56.0 Å². The Hall–Kier alpha value is -10.4. The van der Waals surface area contributed by atoms with Crippen LogP contribution < -0.4 is 30.2 Å². The number of benzene rings is 6. The van der Waals surface area contributed by atoms with Crippen LogP contribution in [0.5, 0.6) is 17.2 Å². The van der Waals surface area contributed by atoms with Gasteiger partial charge in [0.05, 0.1) is 24.1 Å². The van der Waals surface area contributed by atoms with Gasteiger partial charge < -0.3 is 45.5 Å². The molecule has 0 saturated carbocycles. The Morgan fingerprint density at radius 2 is 1.02 bits per heavy atom. The van der Waals surface area contributed by atoms with Crippen molar-refractivity contribution in [2.45, 2.75) is 40.2 Å². The van der Waals surface area contributed by atoms with Gasteiger partial charge in [0, 0.05) is 29.8 Å². The lowest BCUT2D eigenvalue weighted by molar-refractivity contribution is -0.274. The Morgan fingerprint density at radius 3 is 1.57 bits per heavy atom. The average Bonchev–Trinajstić information content (AvgIpc) is 3.44. The lowest BCUT2D eigenvalue weighted by Gasteiger charge is -2.14. The summed E-state index contributed by atoms with van der Waals surface area (Å²) in [6, 6.07) is 40.5. The third-order valence-corrected chi connectivity index (χ3v) is 11.5. The maximum absolute atomic E-state index is 14.7. The zero-order valence-electron chi connectivity index (χ0n) is 43.9. The molecule has 3 heterocycles. The number of carbonyl (C=O) groups is 3. The second-order valence-corrected chi connectivity index (χ2v) is 17.8. The number of halogens is 6. The van der Waals surface area contributed by atoms with Gasteiger partial charge in [-0.15, -0.1) is 13.2 Å². The molecule has 6 aromatic carbocycles. The van der Waals surface area contributed by atoms with E-state index in [1.807, 2.05) is 69.3 Å². The SMILES string of the molecule is CC(C)Oc1ccc(F)c(-c2ccc(Nc3ncccc3C(=O)O)c(F)c2)c1.CCOc1cccc(-c2ccc(Nc3ncccc3C(=O)O)cc2)c1.Cc1cc(Nc2ncccc2C(=O)O)c(F)cc1-c1cccc(OC(F)(F)F)c1. The zero-order chi connectivity index (χ0) is 59.1. The molecule has 3 aromatic heterocycles. The summed E-state index contributed by atoms with van der Waals surface area (Å²) in [6.45, 7) is 7.94. The molecule has 0 fully saturated rings. The smallest absolute Gasteiger partial charge is 0.494 e. The Labute approximate surface area is 465 Å². The van der Waals surface area contributed by atoms with Gasteiger partial charge in [0.15, 0.2) is 0 Å². The first-order valence-corrected chi connectivity index (χ1v) is 24.8. The molecule has 0 amide bonds. The number of nitrogens with zero attached hydrogens (tertiary/aromatic N) is 3. The fraction of sp³-hybridized carbons (Fsp3) is 0.115. The van der Waals surface area contributed by atoms with Gasteiger partial charge in [0.1, 0.15) is 68.8 Å². The summed E-state index contributed by atoms with van der Waals surface area (Å²) in [5, 5.41) is 36.0. The number of pyridine rings is 3. The second-order valence-electron chi connectivity index (χ2n) is 17.8. The summed E-state index contributed by atoms with van der Waals surface area (Å²) in [4.78, 5) is 45.7. The van der Waals surface area contributed by atoms with Crippen molar-refractivity contribution in [1.29, 1.82) is 0 Å². The van der Waals surface area contributed by atoms with E-state index in [4.69, 9.17) is 9.47 Å². The van der Waals surface area contributed by atoms with Gasteiger partial charge in [0.25, 0.3) is 0 Å². The van der Waals surface area contributed by atoms with Gasteiger partial charge in [-0.25, -0.2) is 42.5 Å². The van der Waals surface area contributed by atoms with Crippen LogP contribution in [0.15, 0.2) is 176 Å². The fourth-order valence-corrected chi connectivity index (χ4v) is 7.91. The topological polar surface area (TPSA) is 214 Å². The highest BCUT2D eigenvalue weighted by atomic mass is 19.4. The Kier molecular flexibility index (Phi) is 19.5. The highest BCUT2D eigenvalue weighted by Gasteiger charge is 2.31. The molecule has 0 unspecified atom stereocenters. The Morgan fingerprint density at radius 1 is 0.512 bits per heavy atom. The largest absolute Gasteiger partial charge is 0.573 e. The third kappa shape index (κ3) is 16.1. The number of aromatic nitrogens is 3. The van der Waals surface area contributed by atoms with E-state index in [0.717, 1.165) is 40.8 Å². The summed E-state index contributed by atoms with van der Waals surface area (Å²) in [5.74, 6) is -4.13. The van der Waals surface area contributed by atoms with Crippen LogP contribution in [0.25, 0.3) is 33.4 Å². The summed E-state index contributed by atoms with van der Waals surface area (Å²) in [7, 11) is 0. The number of nitrogens with one attached hydrogen (secondary N) is 3. The number of carboxylic acid groups (broad SMARTS) is 3. The van der Waals surface area contributed by atoms with Crippen LogP contribution in [0.2, 0.25) is 0 Å². The van der Waals surface area contributed by atoms with Crippen molar-refractivity contribution < 1.29 is 70.3 Å². The van der Waals surface area contributed by atoms with Crippen molar-refractivity contribution in [3.63, 3.8) is 0 Å². The Balaban J connectivity index is 0.000000178. The molecule has 0 spiro atoms. The molecule has 420 valence electrons. The van der Waals surface area contributed by atoms with E-state index >= 15 is 0 Å². The third-order valence-electron chi connectivity index (χ3n) is 11.5. The quantitative estimate of drug-likeness (QED) is 0.0468. The first-order chi connectivity index (χ1) is 39.2. The van der Waals surface area contributed by atoms with Crippen LogP contribution >= 0.6 is 0 Å². The molecule has 0 bridgehead atoms. The molecule has 15 nitrogen and oxygen atoms in total. The normalized spacial score (nSPS) is 10.8. The van der Waals surface area contributed by atoms with Gasteiger partial charge in [-0.05, 0) is 176 Å². The van der Waals surface area contributed by atoms with Gasteiger partial charge >= 0.3 is 24.3 Å². The lowest BCUT2D eigenvalue weighted by atomic mass is 9.99. The molecule has 0 atom stereocenters. The van der Waals surface area contributed by atoms with Crippen molar-refractivity contribution in [2.75, 3.05) is 22.6 Å². The minimum absolute atomic E-state index is 0.0140. The first-order valence-electron chi connectivity index (χ1n) is 24.8. The van der Waals surface area contributed by atoms with Crippen LogP contribution in [0.4, 0.5) is 60.9 Å². The standard InChI is InChI=1S/C21H18F2N2O3.C20H14F4N2O3.C20H18N2O3/c1-12(2)28-14-6-7-17(22)16(11-14)13-5-8-19(18(23)10-13)25-20-15(21(26)27)4-3-9-24-20;1-11-8-17(26-18-14(19(27)28)6-3-7-25-18)16(21)10-15(11)12-4-2-5-13(9-12)29-20(22,23)24;1-2-25-17-6-3-5-15(13-17)14-8-10-16(11-9-14)22-19-18(20(23)24)7-4-12-21-19/h3-12H,1-2H3,(H,24,25)(H,26,27);2-10H,1H3,(H,25,26)(H,27,28);3-13H,2H2,1H3,(H,21,22)(H,23,24). The molecule has 0 radical (unpaired) electrons. The summed E-state index contributed by atoms with van der Waals surface area (Å²) in [6.07, 6.45) is -0.598. The maximum Gasteiger partial charge on any atom is 0.573 e. The van der Waals surface area contributed by atoms with E-state index in [-0.39, 0.29) is 51.4 Å². The van der Waals surface area contributed by atoms with Crippen LogP contribution in [0.3, 0.4) is 0 Å². The molecule has 0 saturated heterocycles. The minimum atomic E-state index is -4.84. The van der Waals surface area contributed by atoms with Crippen LogP contribution in [0.1, 0.15) is 57.4 Å². The number of rotatable bonds is 17.